The van der Waals surface area contributed by atoms with Crippen LogP contribution in [0.1, 0.15) is 17.5 Å². The maximum absolute atomic E-state index is 12.1. The van der Waals surface area contributed by atoms with Gasteiger partial charge in [-0.3, -0.25) is 0 Å². The van der Waals surface area contributed by atoms with Crippen molar-refractivity contribution in [3.05, 3.63) is 27.7 Å². The fourth-order valence-electron chi connectivity index (χ4n) is 1.86. The number of ether oxygens (including phenoxy) is 1. The molecule has 0 radical (unpaired) electrons. The van der Waals surface area contributed by atoms with Gasteiger partial charge in [-0.15, -0.1) is 0 Å². The zero-order valence-electron chi connectivity index (χ0n) is 11.9. The highest BCUT2D eigenvalue weighted by molar-refractivity contribution is 9.10. The van der Waals surface area contributed by atoms with E-state index in [1.807, 2.05) is 26.0 Å². The van der Waals surface area contributed by atoms with Crippen molar-refractivity contribution < 1.29 is 9.53 Å². The van der Waals surface area contributed by atoms with Crippen LogP contribution in [0, 0.1) is 13.8 Å². The molecule has 0 fully saturated rings. The second-order valence-corrected chi connectivity index (χ2v) is 5.53. The Kier molecular flexibility index (Phi) is 6.31. The van der Waals surface area contributed by atoms with Crippen LogP contribution in [-0.4, -0.2) is 38.2 Å². The van der Waals surface area contributed by atoms with Crippen molar-refractivity contribution in [2.45, 2.75) is 20.3 Å². The third kappa shape index (κ3) is 4.84. The van der Waals surface area contributed by atoms with Gasteiger partial charge in [0, 0.05) is 37.5 Å². The number of aryl methyl sites for hydroxylation is 2. The lowest BCUT2D eigenvalue weighted by molar-refractivity contribution is 0.179. The first kappa shape index (κ1) is 16.0. The summed E-state index contributed by atoms with van der Waals surface area (Å²) >= 11 is 3.45. The quantitative estimate of drug-likeness (QED) is 0.839. The summed E-state index contributed by atoms with van der Waals surface area (Å²) in [5.41, 5.74) is 2.97. The fraction of sp³-hybridized carbons (Fsp3) is 0.500. The molecule has 0 saturated heterocycles. The van der Waals surface area contributed by atoms with E-state index in [-0.39, 0.29) is 6.03 Å². The third-order valence-corrected chi connectivity index (χ3v) is 3.38. The Morgan fingerprint density at radius 1 is 1.37 bits per heavy atom. The van der Waals surface area contributed by atoms with Crippen LogP contribution in [0.3, 0.4) is 0 Å². The molecule has 0 aliphatic rings. The zero-order chi connectivity index (χ0) is 14.4. The Morgan fingerprint density at radius 3 is 2.47 bits per heavy atom. The van der Waals surface area contributed by atoms with E-state index in [4.69, 9.17) is 4.74 Å². The summed E-state index contributed by atoms with van der Waals surface area (Å²) in [6.07, 6.45) is 0.832. The predicted octanol–water partition coefficient (Wildman–Crippen LogP) is 3.57. The molecule has 0 aliphatic heterocycles. The normalized spacial score (nSPS) is 10.4. The number of urea groups is 1. The lowest BCUT2D eigenvalue weighted by Crippen LogP contribution is -2.33. The van der Waals surface area contributed by atoms with E-state index in [2.05, 4.69) is 21.2 Å². The lowest BCUT2D eigenvalue weighted by atomic mass is 10.1. The number of hydrogen-bond acceptors (Lipinski definition) is 2. The number of nitrogens with one attached hydrogen (secondary N) is 1. The van der Waals surface area contributed by atoms with Gasteiger partial charge in [-0.05, 0) is 43.5 Å². The summed E-state index contributed by atoms with van der Waals surface area (Å²) < 4.78 is 6.00. The minimum atomic E-state index is -0.0929. The van der Waals surface area contributed by atoms with E-state index in [9.17, 15) is 4.79 Å². The molecular weight excluding hydrogens is 308 g/mol. The first-order chi connectivity index (χ1) is 8.95. The van der Waals surface area contributed by atoms with Gasteiger partial charge in [0.25, 0.3) is 0 Å². The molecule has 106 valence electrons. The van der Waals surface area contributed by atoms with Gasteiger partial charge in [0.1, 0.15) is 0 Å². The molecule has 1 rings (SSSR count). The number of rotatable bonds is 5. The van der Waals surface area contributed by atoms with Gasteiger partial charge < -0.3 is 15.0 Å². The van der Waals surface area contributed by atoms with Crippen LogP contribution in [0.5, 0.6) is 0 Å². The van der Waals surface area contributed by atoms with Gasteiger partial charge in [0.2, 0.25) is 0 Å². The van der Waals surface area contributed by atoms with E-state index < -0.39 is 0 Å². The Hall–Kier alpha value is -1.07. The molecule has 1 aromatic carbocycles. The van der Waals surface area contributed by atoms with Crippen LogP contribution in [-0.2, 0) is 4.74 Å². The molecule has 0 unspecified atom stereocenters. The first-order valence-corrected chi connectivity index (χ1v) is 7.02. The van der Waals surface area contributed by atoms with Gasteiger partial charge >= 0.3 is 6.03 Å². The van der Waals surface area contributed by atoms with Crippen molar-refractivity contribution >= 4 is 27.6 Å². The minimum Gasteiger partial charge on any atom is -0.385 e. The summed E-state index contributed by atoms with van der Waals surface area (Å²) in [7, 11) is 3.45. The van der Waals surface area contributed by atoms with E-state index in [0.717, 1.165) is 27.7 Å². The van der Waals surface area contributed by atoms with E-state index >= 15 is 0 Å². The number of amides is 2. The highest BCUT2D eigenvalue weighted by Gasteiger charge is 2.12. The second-order valence-electron chi connectivity index (χ2n) is 4.61. The summed E-state index contributed by atoms with van der Waals surface area (Å²) in [6.45, 7) is 5.30. The summed E-state index contributed by atoms with van der Waals surface area (Å²) in [4.78, 5) is 13.7. The number of methoxy groups -OCH3 is 1. The second kappa shape index (κ2) is 7.50. The number of hydrogen-bond donors (Lipinski definition) is 1. The first-order valence-electron chi connectivity index (χ1n) is 6.23. The number of benzene rings is 1. The molecule has 1 N–H and O–H groups in total. The Balaban J connectivity index is 2.66. The summed E-state index contributed by atoms with van der Waals surface area (Å²) in [5, 5.41) is 2.96. The third-order valence-electron chi connectivity index (χ3n) is 2.92. The predicted molar refractivity (Wildman–Crippen MR) is 81.8 cm³/mol. The van der Waals surface area contributed by atoms with Crippen molar-refractivity contribution in [2.24, 2.45) is 0 Å². The smallest absolute Gasteiger partial charge is 0.321 e. The number of carbonyl (C=O) groups is 1. The number of carbonyl (C=O) groups excluding carboxylic acids is 1. The monoisotopic (exact) mass is 328 g/mol. The molecule has 0 bridgehead atoms. The summed E-state index contributed by atoms with van der Waals surface area (Å²) in [6, 6.07) is 3.89. The van der Waals surface area contributed by atoms with Gasteiger partial charge in [-0.1, -0.05) is 15.9 Å². The Morgan fingerprint density at radius 2 is 1.95 bits per heavy atom. The maximum Gasteiger partial charge on any atom is 0.321 e. The van der Waals surface area contributed by atoms with Crippen LogP contribution in [0.2, 0.25) is 0 Å². The highest BCUT2D eigenvalue weighted by atomic mass is 79.9. The molecule has 5 heteroatoms. The summed E-state index contributed by atoms with van der Waals surface area (Å²) in [5.74, 6) is 0. The average molecular weight is 329 g/mol. The average Bonchev–Trinajstić information content (AvgIpc) is 2.33. The number of nitrogens with zero attached hydrogens (tertiary/aromatic N) is 1. The molecule has 0 saturated carbocycles. The Bertz CT molecular complexity index is 426. The van der Waals surface area contributed by atoms with Crippen LogP contribution in [0.4, 0.5) is 10.5 Å². The maximum atomic E-state index is 12.1. The SMILES string of the molecule is COCCCN(C)C(=O)Nc1c(C)cc(Br)cc1C. The molecule has 0 spiro atoms. The van der Waals surface area contributed by atoms with Crippen LogP contribution >= 0.6 is 15.9 Å². The zero-order valence-corrected chi connectivity index (χ0v) is 13.5. The van der Waals surface area contributed by atoms with Crippen LogP contribution < -0.4 is 5.32 Å². The highest BCUT2D eigenvalue weighted by Crippen LogP contribution is 2.25. The molecule has 0 aliphatic carbocycles. The molecule has 2 amide bonds. The largest absolute Gasteiger partial charge is 0.385 e. The van der Waals surface area contributed by atoms with E-state index in [0.29, 0.717) is 13.2 Å². The van der Waals surface area contributed by atoms with E-state index in [1.54, 1.807) is 19.1 Å². The van der Waals surface area contributed by atoms with Crippen molar-refractivity contribution in [2.75, 3.05) is 32.6 Å². The fourth-order valence-corrected chi connectivity index (χ4v) is 2.54. The van der Waals surface area contributed by atoms with Crippen molar-refractivity contribution in [3.8, 4) is 0 Å². The standard InChI is InChI=1S/C14H21BrN2O2/c1-10-8-12(15)9-11(2)13(10)16-14(18)17(3)6-5-7-19-4/h8-9H,5-7H2,1-4H3,(H,16,18). The Labute approximate surface area is 123 Å². The van der Waals surface area contributed by atoms with Crippen LogP contribution in [0.15, 0.2) is 16.6 Å². The van der Waals surface area contributed by atoms with Crippen LogP contribution in [0.25, 0.3) is 0 Å². The van der Waals surface area contributed by atoms with Crippen molar-refractivity contribution in [3.63, 3.8) is 0 Å². The van der Waals surface area contributed by atoms with Gasteiger partial charge in [0.15, 0.2) is 0 Å². The minimum absolute atomic E-state index is 0.0929. The molecule has 0 heterocycles. The van der Waals surface area contributed by atoms with Crippen molar-refractivity contribution in [1.82, 2.24) is 4.90 Å². The van der Waals surface area contributed by atoms with Gasteiger partial charge in [0.05, 0.1) is 0 Å². The lowest BCUT2D eigenvalue weighted by Gasteiger charge is -2.20. The topological polar surface area (TPSA) is 41.6 Å². The molecule has 4 nitrogen and oxygen atoms in total. The van der Waals surface area contributed by atoms with Crippen molar-refractivity contribution in [1.29, 1.82) is 0 Å². The molecule has 1 aromatic rings. The molecule has 0 atom stereocenters. The number of halogens is 1. The molecular formula is C14H21BrN2O2. The number of anilines is 1. The van der Waals surface area contributed by atoms with E-state index in [1.165, 1.54) is 0 Å². The van der Waals surface area contributed by atoms with Gasteiger partial charge in [-0.2, -0.15) is 0 Å². The molecule has 0 aromatic heterocycles. The molecule has 19 heavy (non-hydrogen) atoms. The van der Waals surface area contributed by atoms with Gasteiger partial charge in [-0.25, -0.2) is 4.79 Å².